The molecule has 0 atom stereocenters. The number of nitrogens with one attached hydrogen (secondary N) is 1. The molecule has 0 aliphatic carbocycles. The van der Waals surface area contributed by atoms with Crippen LogP contribution in [0.15, 0.2) is 0 Å². The van der Waals surface area contributed by atoms with Crippen molar-refractivity contribution in [2.24, 2.45) is 5.92 Å². The van der Waals surface area contributed by atoms with Gasteiger partial charge in [0.25, 0.3) is 0 Å². The number of nitrogens with zero attached hydrogens (tertiary/aromatic N) is 2. The van der Waals surface area contributed by atoms with Crippen molar-refractivity contribution in [1.29, 1.82) is 0 Å². The maximum absolute atomic E-state index is 12.1. The van der Waals surface area contributed by atoms with E-state index < -0.39 is 11.2 Å². The van der Waals surface area contributed by atoms with Gasteiger partial charge in [0.1, 0.15) is 5.01 Å². The maximum atomic E-state index is 12.1. The minimum absolute atomic E-state index is 0.339. The van der Waals surface area contributed by atoms with Crippen LogP contribution in [-0.4, -0.2) is 16.7 Å². The second-order valence-corrected chi connectivity index (χ2v) is 4.59. The summed E-state index contributed by atoms with van der Waals surface area (Å²) in [6, 6.07) is 0. The molecular formula is C8H12F3N3S. The van der Waals surface area contributed by atoms with E-state index in [1.54, 1.807) is 0 Å². The van der Waals surface area contributed by atoms with Crippen LogP contribution in [0.2, 0.25) is 0 Å². The van der Waals surface area contributed by atoms with Gasteiger partial charge in [-0.3, -0.25) is 0 Å². The van der Waals surface area contributed by atoms with Crippen molar-refractivity contribution in [1.82, 2.24) is 15.5 Å². The monoisotopic (exact) mass is 239 g/mol. The van der Waals surface area contributed by atoms with Crippen LogP contribution in [0, 0.1) is 5.92 Å². The lowest BCUT2D eigenvalue weighted by atomic mass is 10.2. The predicted molar refractivity (Wildman–Crippen MR) is 51.5 cm³/mol. The Hall–Kier alpha value is -0.690. The second kappa shape index (κ2) is 4.89. The topological polar surface area (TPSA) is 37.8 Å². The minimum Gasteiger partial charge on any atom is -0.310 e. The van der Waals surface area contributed by atoms with Crippen molar-refractivity contribution >= 4 is 11.3 Å². The summed E-state index contributed by atoms with van der Waals surface area (Å²) in [4.78, 5) is 0. The summed E-state index contributed by atoms with van der Waals surface area (Å²) in [5.41, 5.74) is 0. The normalized spacial score (nSPS) is 12.4. The number of hydrogen-bond acceptors (Lipinski definition) is 4. The first kappa shape index (κ1) is 12.4. The molecule has 0 spiro atoms. The number of aromatic nitrogens is 2. The SMILES string of the molecule is CC(C)CNCc1nnc(C(F)(F)F)s1. The number of halogens is 3. The maximum Gasteiger partial charge on any atom is 0.445 e. The standard InChI is InChI=1S/C8H12F3N3S/c1-5(2)3-12-4-6-13-14-7(15-6)8(9,10)11/h5,12H,3-4H2,1-2H3. The van der Waals surface area contributed by atoms with E-state index >= 15 is 0 Å². The van der Waals surface area contributed by atoms with E-state index in [0.29, 0.717) is 28.8 Å². The summed E-state index contributed by atoms with van der Waals surface area (Å²) in [5.74, 6) is 0.458. The highest BCUT2D eigenvalue weighted by atomic mass is 32.1. The molecule has 1 heterocycles. The van der Waals surface area contributed by atoms with Crippen LogP contribution in [0.25, 0.3) is 0 Å². The molecule has 0 saturated heterocycles. The number of rotatable bonds is 4. The molecule has 0 unspecified atom stereocenters. The quantitative estimate of drug-likeness (QED) is 0.876. The van der Waals surface area contributed by atoms with E-state index in [9.17, 15) is 13.2 Å². The molecule has 0 amide bonds. The van der Waals surface area contributed by atoms with Crippen molar-refractivity contribution < 1.29 is 13.2 Å². The fourth-order valence-electron chi connectivity index (χ4n) is 0.907. The van der Waals surface area contributed by atoms with E-state index in [2.05, 4.69) is 15.5 Å². The van der Waals surface area contributed by atoms with Gasteiger partial charge in [-0.25, -0.2) is 0 Å². The van der Waals surface area contributed by atoms with Crippen LogP contribution in [-0.2, 0) is 12.7 Å². The summed E-state index contributed by atoms with van der Waals surface area (Å²) in [6.45, 7) is 5.13. The summed E-state index contributed by atoms with van der Waals surface area (Å²) in [5, 5.41) is 9.04. The molecule has 0 aliphatic heterocycles. The van der Waals surface area contributed by atoms with Crippen LogP contribution in [0.4, 0.5) is 13.2 Å². The van der Waals surface area contributed by atoms with Crippen molar-refractivity contribution in [3.05, 3.63) is 10.0 Å². The Bertz CT molecular complexity index is 308. The molecule has 7 heteroatoms. The van der Waals surface area contributed by atoms with Crippen LogP contribution in [0.3, 0.4) is 0 Å². The first-order valence-electron chi connectivity index (χ1n) is 4.50. The van der Waals surface area contributed by atoms with Crippen molar-refractivity contribution in [2.75, 3.05) is 6.54 Å². The summed E-state index contributed by atoms with van der Waals surface area (Å²) >= 11 is 0.582. The molecule has 1 aromatic heterocycles. The molecule has 0 saturated carbocycles. The lowest BCUT2D eigenvalue weighted by Crippen LogP contribution is -2.18. The van der Waals surface area contributed by atoms with Gasteiger partial charge >= 0.3 is 6.18 Å². The summed E-state index contributed by atoms with van der Waals surface area (Å²) in [6.07, 6.45) is -4.38. The molecule has 0 fully saturated rings. The second-order valence-electron chi connectivity index (χ2n) is 3.52. The predicted octanol–water partition coefficient (Wildman–Crippen LogP) is 2.30. The van der Waals surface area contributed by atoms with Crippen molar-refractivity contribution in [3.8, 4) is 0 Å². The van der Waals surface area contributed by atoms with Crippen LogP contribution in [0.1, 0.15) is 23.9 Å². The van der Waals surface area contributed by atoms with Gasteiger partial charge in [-0.1, -0.05) is 25.2 Å². The van der Waals surface area contributed by atoms with Crippen LogP contribution in [0.5, 0.6) is 0 Å². The van der Waals surface area contributed by atoms with Gasteiger partial charge in [-0.05, 0) is 12.5 Å². The summed E-state index contributed by atoms with van der Waals surface area (Å²) in [7, 11) is 0. The van der Waals surface area contributed by atoms with Gasteiger partial charge in [0.2, 0.25) is 5.01 Å². The molecule has 1 N–H and O–H groups in total. The van der Waals surface area contributed by atoms with Crippen molar-refractivity contribution in [3.63, 3.8) is 0 Å². The third-order valence-corrected chi connectivity index (χ3v) is 2.51. The summed E-state index contributed by atoms with van der Waals surface area (Å²) < 4.78 is 36.4. The average molecular weight is 239 g/mol. The highest BCUT2D eigenvalue weighted by molar-refractivity contribution is 7.11. The third kappa shape index (κ3) is 4.13. The van der Waals surface area contributed by atoms with Gasteiger partial charge in [0.15, 0.2) is 0 Å². The van der Waals surface area contributed by atoms with E-state index in [1.165, 1.54) is 0 Å². The Labute approximate surface area is 89.7 Å². The Balaban J connectivity index is 2.47. The molecule has 0 bridgehead atoms. The van der Waals surface area contributed by atoms with E-state index in [-0.39, 0.29) is 0 Å². The van der Waals surface area contributed by atoms with E-state index in [0.717, 1.165) is 6.54 Å². The number of alkyl halides is 3. The highest BCUT2D eigenvalue weighted by Crippen LogP contribution is 2.31. The van der Waals surface area contributed by atoms with Gasteiger partial charge < -0.3 is 5.32 Å². The van der Waals surface area contributed by atoms with Gasteiger partial charge in [-0.15, -0.1) is 10.2 Å². The molecule has 0 radical (unpaired) electrons. The molecule has 3 nitrogen and oxygen atoms in total. The Kier molecular flexibility index (Phi) is 4.04. The lowest BCUT2D eigenvalue weighted by Gasteiger charge is -2.04. The first-order valence-corrected chi connectivity index (χ1v) is 5.31. The zero-order valence-electron chi connectivity index (χ0n) is 8.43. The lowest BCUT2D eigenvalue weighted by molar-refractivity contribution is -0.138. The average Bonchev–Trinajstić information content (AvgIpc) is 2.51. The molecule has 0 aromatic carbocycles. The molecule has 0 aliphatic rings. The largest absolute Gasteiger partial charge is 0.445 e. The van der Waals surface area contributed by atoms with Gasteiger partial charge in [-0.2, -0.15) is 13.2 Å². The zero-order valence-corrected chi connectivity index (χ0v) is 9.24. The minimum atomic E-state index is -4.38. The molecular weight excluding hydrogens is 227 g/mol. The Morgan fingerprint density at radius 2 is 2.00 bits per heavy atom. The molecule has 15 heavy (non-hydrogen) atoms. The van der Waals surface area contributed by atoms with Crippen molar-refractivity contribution in [2.45, 2.75) is 26.6 Å². The van der Waals surface area contributed by atoms with Crippen LogP contribution < -0.4 is 5.32 Å². The molecule has 1 aromatic rings. The zero-order chi connectivity index (χ0) is 11.5. The van der Waals surface area contributed by atoms with Gasteiger partial charge in [0, 0.05) is 6.54 Å². The fraction of sp³-hybridized carbons (Fsp3) is 0.750. The Morgan fingerprint density at radius 3 is 2.47 bits per heavy atom. The third-order valence-electron chi connectivity index (χ3n) is 1.54. The van der Waals surface area contributed by atoms with Gasteiger partial charge in [0.05, 0.1) is 0 Å². The molecule has 86 valence electrons. The highest BCUT2D eigenvalue weighted by Gasteiger charge is 2.35. The Morgan fingerprint density at radius 1 is 1.33 bits per heavy atom. The number of hydrogen-bond donors (Lipinski definition) is 1. The van der Waals surface area contributed by atoms with E-state index in [1.807, 2.05) is 13.8 Å². The van der Waals surface area contributed by atoms with Crippen LogP contribution >= 0.6 is 11.3 Å². The first-order chi connectivity index (χ1) is 6.89. The van der Waals surface area contributed by atoms with E-state index in [4.69, 9.17) is 0 Å². The molecule has 1 rings (SSSR count). The fourth-order valence-corrected chi connectivity index (χ4v) is 1.58. The smallest absolute Gasteiger partial charge is 0.310 e.